The standard InChI is InChI=1S/C34H26N2/c1-26-12-14-27(15-13-26)24-31(25-35)30-18-16-28(17-19-30)29-20-22-34(23-21-29)36(32-8-4-2-5-9-32)33-10-6-3-7-11-33/h2-24H,1H3/b31-24+. The molecule has 172 valence electrons. The van der Waals surface area contributed by atoms with Gasteiger partial charge >= 0.3 is 0 Å². The Labute approximate surface area is 213 Å². The van der Waals surface area contributed by atoms with Crippen molar-refractivity contribution in [2.75, 3.05) is 4.90 Å². The number of para-hydroxylation sites is 2. The minimum atomic E-state index is 0.655. The molecule has 2 nitrogen and oxygen atoms in total. The number of nitrogens with zero attached hydrogens (tertiary/aromatic N) is 2. The highest BCUT2D eigenvalue weighted by Crippen LogP contribution is 2.35. The smallest absolute Gasteiger partial charge is 0.0998 e. The van der Waals surface area contributed by atoms with Gasteiger partial charge in [-0.05, 0) is 71.7 Å². The second kappa shape index (κ2) is 10.6. The molecule has 0 amide bonds. The molecule has 0 saturated heterocycles. The predicted octanol–water partition coefficient (Wildman–Crippen LogP) is 9.20. The topological polar surface area (TPSA) is 27.0 Å². The normalized spacial score (nSPS) is 11.1. The van der Waals surface area contributed by atoms with Crippen molar-refractivity contribution in [3.63, 3.8) is 0 Å². The van der Waals surface area contributed by atoms with Crippen LogP contribution in [0.2, 0.25) is 0 Å². The van der Waals surface area contributed by atoms with Gasteiger partial charge in [-0.2, -0.15) is 5.26 Å². The third kappa shape index (κ3) is 5.12. The van der Waals surface area contributed by atoms with E-state index in [4.69, 9.17) is 0 Å². The molecule has 5 rings (SSSR count). The monoisotopic (exact) mass is 462 g/mol. The summed E-state index contributed by atoms with van der Waals surface area (Å²) in [5.74, 6) is 0. The highest BCUT2D eigenvalue weighted by atomic mass is 15.1. The summed E-state index contributed by atoms with van der Waals surface area (Å²) in [7, 11) is 0. The first-order valence-corrected chi connectivity index (χ1v) is 12.0. The van der Waals surface area contributed by atoms with Crippen LogP contribution in [0.5, 0.6) is 0 Å². The van der Waals surface area contributed by atoms with Crippen molar-refractivity contribution in [2.45, 2.75) is 6.92 Å². The summed E-state index contributed by atoms with van der Waals surface area (Å²) in [5, 5.41) is 9.73. The van der Waals surface area contributed by atoms with Crippen LogP contribution >= 0.6 is 0 Å². The van der Waals surface area contributed by atoms with E-state index in [1.807, 2.05) is 42.5 Å². The maximum Gasteiger partial charge on any atom is 0.0998 e. The number of benzene rings is 5. The molecule has 5 aromatic rings. The Kier molecular flexibility index (Phi) is 6.74. The SMILES string of the molecule is Cc1ccc(/C=C(\C#N)c2ccc(-c3ccc(N(c4ccccc4)c4ccccc4)cc3)cc2)cc1. The van der Waals surface area contributed by atoms with E-state index in [0.717, 1.165) is 39.3 Å². The molecule has 36 heavy (non-hydrogen) atoms. The van der Waals surface area contributed by atoms with Crippen LogP contribution in [0.1, 0.15) is 16.7 Å². The number of anilines is 3. The fourth-order valence-electron chi connectivity index (χ4n) is 4.26. The Balaban J connectivity index is 1.41. The lowest BCUT2D eigenvalue weighted by atomic mass is 9.99. The largest absolute Gasteiger partial charge is 0.311 e. The van der Waals surface area contributed by atoms with E-state index in [2.05, 4.69) is 115 Å². The number of hydrogen-bond acceptors (Lipinski definition) is 2. The molecule has 0 fully saturated rings. The molecule has 5 aromatic carbocycles. The fraction of sp³-hybridized carbons (Fsp3) is 0.0294. The van der Waals surface area contributed by atoms with E-state index in [1.54, 1.807) is 0 Å². The van der Waals surface area contributed by atoms with Gasteiger partial charge in [0.25, 0.3) is 0 Å². The van der Waals surface area contributed by atoms with Crippen molar-refractivity contribution in [1.29, 1.82) is 5.26 Å². The van der Waals surface area contributed by atoms with Crippen LogP contribution in [0.25, 0.3) is 22.8 Å². The Morgan fingerprint density at radius 1 is 0.583 bits per heavy atom. The van der Waals surface area contributed by atoms with E-state index in [9.17, 15) is 5.26 Å². The lowest BCUT2D eigenvalue weighted by molar-refractivity contribution is 1.28. The van der Waals surface area contributed by atoms with Gasteiger partial charge in [0, 0.05) is 17.1 Å². The van der Waals surface area contributed by atoms with Gasteiger partial charge in [-0.1, -0.05) is 103 Å². The lowest BCUT2D eigenvalue weighted by Gasteiger charge is -2.25. The first-order chi connectivity index (χ1) is 17.7. The van der Waals surface area contributed by atoms with Crippen LogP contribution in [-0.4, -0.2) is 0 Å². The summed E-state index contributed by atoms with van der Waals surface area (Å²) in [6.07, 6.45) is 1.94. The summed E-state index contributed by atoms with van der Waals surface area (Å²) in [6, 6.07) is 48.1. The third-order valence-corrected chi connectivity index (χ3v) is 6.19. The number of nitriles is 1. The number of allylic oxidation sites excluding steroid dienone is 1. The summed E-state index contributed by atoms with van der Waals surface area (Å²) >= 11 is 0. The van der Waals surface area contributed by atoms with E-state index in [0.29, 0.717) is 5.57 Å². The Morgan fingerprint density at radius 2 is 1.06 bits per heavy atom. The summed E-state index contributed by atoms with van der Waals surface area (Å²) in [6.45, 7) is 2.06. The summed E-state index contributed by atoms with van der Waals surface area (Å²) in [5.41, 5.74) is 9.38. The molecule has 0 spiro atoms. The van der Waals surface area contributed by atoms with Crippen molar-refractivity contribution < 1.29 is 0 Å². The van der Waals surface area contributed by atoms with Crippen molar-refractivity contribution in [1.82, 2.24) is 0 Å². The molecular weight excluding hydrogens is 436 g/mol. The van der Waals surface area contributed by atoms with Crippen molar-refractivity contribution >= 4 is 28.7 Å². The van der Waals surface area contributed by atoms with Gasteiger partial charge in [0.05, 0.1) is 11.6 Å². The Bertz CT molecular complexity index is 1450. The van der Waals surface area contributed by atoms with Gasteiger partial charge in [0.1, 0.15) is 0 Å². The molecule has 0 aliphatic heterocycles. The van der Waals surface area contributed by atoms with Gasteiger partial charge in [-0.15, -0.1) is 0 Å². The minimum absolute atomic E-state index is 0.655. The van der Waals surface area contributed by atoms with Crippen molar-refractivity contribution in [3.05, 3.63) is 150 Å². The quantitative estimate of drug-likeness (QED) is 0.186. The second-order valence-electron chi connectivity index (χ2n) is 8.71. The zero-order valence-electron chi connectivity index (χ0n) is 20.2. The highest BCUT2D eigenvalue weighted by molar-refractivity contribution is 5.90. The van der Waals surface area contributed by atoms with E-state index < -0.39 is 0 Å². The molecule has 0 unspecified atom stereocenters. The minimum Gasteiger partial charge on any atom is -0.311 e. The molecule has 0 aromatic heterocycles. The molecule has 0 atom stereocenters. The zero-order chi connectivity index (χ0) is 24.7. The summed E-state index contributed by atoms with van der Waals surface area (Å²) in [4.78, 5) is 2.25. The van der Waals surface area contributed by atoms with Crippen molar-refractivity contribution in [2.24, 2.45) is 0 Å². The molecule has 0 heterocycles. The zero-order valence-corrected chi connectivity index (χ0v) is 20.2. The van der Waals surface area contributed by atoms with Crippen LogP contribution in [0, 0.1) is 18.3 Å². The Morgan fingerprint density at radius 3 is 1.56 bits per heavy atom. The van der Waals surface area contributed by atoms with Crippen molar-refractivity contribution in [3.8, 4) is 17.2 Å². The maximum atomic E-state index is 9.73. The average molecular weight is 463 g/mol. The Hall–Kier alpha value is -4.87. The average Bonchev–Trinajstić information content (AvgIpc) is 2.95. The number of aryl methyl sites for hydroxylation is 1. The molecule has 0 bridgehead atoms. The lowest BCUT2D eigenvalue weighted by Crippen LogP contribution is -2.09. The van der Waals surface area contributed by atoms with E-state index in [-0.39, 0.29) is 0 Å². The molecule has 2 heteroatoms. The maximum absolute atomic E-state index is 9.73. The predicted molar refractivity (Wildman–Crippen MR) is 151 cm³/mol. The molecule has 0 aliphatic carbocycles. The number of hydrogen-bond donors (Lipinski definition) is 0. The molecule has 0 radical (unpaired) electrons. The van der Waals surface area contributed by atoms with Crippen LogP contribution in [-0.2, 0) is 0 Å². The third-order valence-electron chi connectivity index (χ3n) is 6.19. The van der Waals surface area contributed by atoms with Gasteiger partial charge in [0.2, 0.25) is 0 Å². The van der Waals surface area contributed by atoms with Gasteiger partial charge in [-0.3, -0.25) is 0 Å². The van der Waals surface area contributed by atoms with E-state index in [1.165, 1.54) is 5.56 Å². The second-order valence-corrected chi connectivity index (χ2v) is 8.71. The highest BCUT2D eigenvalue weighted by Gasteiger charge is 2.12. The molecular formula is C34H26N2. The first-order valence-electron chi connectivity index (χ1n) is 12.0. The molecule has 0 aliphatic rings. The van der Waals surface area contributed by atoms with Crippen LogP contribution in [0.4, 0.5) is 17.1 Å². The first kappa shape index (κ1) is 22.9. The summed E-state index contributed by atoms with van der Waals surface area (Å²) < 4.78 is 0. The van der Waals surface area contributed by atoms with Gasteiger partial charge < -0.3 is 4.90 Å². The van der Waals surface area contributed by atoms with Gasteiger partial charge in [-0.25, -0.2) is 0 Å². The van der Waals surface area contributed by atoms with E-state index >= 15 is 0 Å². The number of rotatable bonds is 6. The molecule has 0 saturated carbocycles. The van der Waals surface area contributed by atoms with Crippen LogP contribution < -0.4 is 4.90 Å². The van der Waals surface area contributed by atoms with Gasteiger partial charge in [0.15, 0.2) is 0 Å². The molecule has 0 N–H and O–H groups in total. The fourth-order valence-corrected chi connectivity index (χ4v) is 4.26. The van der Waals surface area contributed by atoms with Crippen LogP contribution in [0.15, 0.2) is 133 Å². The van der Waals surface area contributed by atoms with Crippen LogP contribution in [0.3, 0.4) is 0 Å².